The molecule has 0 radical (unpaired) electrons. The minimum Gasteiger partial charge on any atom is -0.399 e. The van der Waals surface area contributed by atoms with Crippen LogP contribution >= 0.6 is 0 Å². The van der Waals surface area contributed by atoms with E-state index in [9.17, 15) is 4.79 Å². The highest BCUT2D eigenvalue weighted by Gasteiger charge is 2.14. The van der Waals surface area contributed by atoms with E-state index in [0.29, 0.717) is 22.6 Å². The van der Waals surface area contributed by atoms with Crippen LogP contribution in [-0.2, 0) is 0 Å². The standard InChI is InChI=1S/C14H13N5O/c1-8-4-5-16-12(6-8)17-14(20)13-10-7-9(15)2-3-11(10)18-19-13/h2-7H,15H2,1H3,(H,18,19)(H,16,17,20). The van der Waals surface area contributed by atoms with Crippen molar-refractivity contribution in [1.29, 1.82) is 0 Å². The fourth-order valence-electron chi connectivity index (χ4n) is 1.98. The predicted molar refractivity (Wildman–Crippen MR) is 77.4 cm³/mol. The molecule has 3 rings (SSSR count). The molecule has 0 aliphatic carbocycles. The first-order chi connectivity index (χ1) is 9.63. The Morgan fingerprint density at radius 3 is 2.95 bits per heavy atom. The lowest BCUT2D eigenvalue weighted by Crippen LogP contribution is -2.13. The van der Waals surface area contributed by atoms with Crippen molar-refractivity contribution in [1.82, 2.24) is 15.2 Å². The van der Waals surface area contributed by atoms with Gasteiger partial charge in [0.1, 0.15) is 5.82 Å². The summed E-state index contributed by atoms with van der Waals surface area (Å²) in [7, 11) is 0. The number of nitrogens with one attached hydrogen (secondary N) is 2. The molecular formula is C14H13N5O. The van der Waals surface area contributed by atoms with Gasteiger partial charge in [-0.05, 0) is 42.8 Å². The van der Waals surface area contributed by atoms with E-state index in [1.54, 1.807) is 30.5 Å². The van der Waals surface area contributed by atoms with Crippen molar-refractivity contribution in [2.75, 3.05) is 11.1 Å². The predicted octanol–water partition coefficient (Wildman–Crippen LogP) is 2.10. The number of amides is 1. The number of aromatic amines is 1. The third-order valence-electron chi connectivity index (χ3n) is 2.96. The number of hydrogen-bond donors (Lipinski definition) is 3. The highest BCUT2D eigenvalue weighted by atomic mass is 16.2. The number of carbonyl (C=O) groups excluding carboxylic acids is 1. The second-order valence-corrected chi connectivity index (χ2v) is 4.55. The van der Waals surface area contributed by atoms with Gasteiger partial charge in [0.2, 0.25) is 0 Å². The third kappa shape index (κ3) is 2.18. The Hall–Kier alpha value is -2.89. The quantitative estimate of drug-likeness (QED) is 0.619. The van der Waals surface area contributed by atoms with Crippen LogP contribution in [0, 0.1) is 6.92 Å². The number of nitrogen functional groups attached to an aromatic ring is 1. The number of nitrogens with two attached hydrogens (primary N) is 1. The Balaban J connectivity index is 1.94. The number of pyridine rings is 1. The Morgan fingerprint density at radius 2 is 2.15 bits per heavy atom. The van der Waals surface area contributed by atoms with Crippen LogP contribution in [0.3, 0.4) is 0 Å². The molecule has 6 heteroatoms. The van der Waals surface area contributed by atoms with Crippen molar-refractivity contribution in [3.05, 3.63) is 47.8 Å². The van der Waals surface area contributed by atoms with Gasteiger partial charge >= 0.3 is 0 Å². The monoisotopic (exact) mass is 267 g/mol. The maximum Gasteiger partial charge on any atom is 0.277 e. The van der Waals surface area contributed by atoms with Crippen LogP contribution in [0.2, 0.25) is 0 Å². The van der Waals surface area contributed by atoms with Crippen LogP contribution < -0.4 is 11.1 Å². The van der Waals surface area contributed by atoms with Gasteiger partial charge in [0.15, 0.2) is 5.69 Å². The second-order valence-electron chi connectivity index (χ2n) is 4.55. The van der Waals surface area contributed by atoms with E-state index in [1.165, 1.54) is 0 Å². The summed E-state index contributed by atoms with van der Waals surface area (Å²) in [6, 6.07) is 8.92. The van der Waals surface area contributed by atoms with E-state index < -0.39 is 0 Å². The lowest BCUT2D eigenvalue weighted by Gasteiger charge is -2.03. The number of hydrogen-bond acceptors (Lipinski definition) is 4. The highest BCUT2D eigenvalue weighted by molar-refractivity contribution is 6.11. The maximum atomic E-state index is 12.2. The molecule has 2 heterocycles. The zero-order valence-corrected chi connectivity index (χ0v) is 10.8. The molecule has 0 spiro atoms. The Morgan fingerprint density at radius 1 is 1.30 bits per heavy atom. The van der Waals surface area contributed by atoms with E-state index in [0.717, 1.165) is 11.1 Å². The molecule has 1 amide bonds. The maximum absolute atomic E-state index is 12.2. The molecule has 0 aliphatic heterocycles. The summed E-state index contributed by atoms with van der Waals surface area (Å²) < 4.78 is 0. The van der Waals surface area contributed by atoms with E-state index >= 15 is 0 Å². The van der Waals surface area contributed by atoms with Crippen LogP contribution in [0.1, 0.15) is 16.1 Å². The zero-order valence-electron chi connectivity index (χ0n) is 10.8. The summed E-state index contributed by atoms with van der Waals surface area (Å²) in [4.78, 5) is 16.3. The lowest BCUT2D eigenvalue weighted by atomic mass is 10.2. The first kappa shape index (κ1) is 12.2. The van der Waals surface area contributed by atoms with Crippen molar-refractivity contribution in [2.45, 2.75) is 6.92 Å². The van der Waals surface area contributed by atoms with E-state index in [-0.39, 0.29) is 5.91 Å². The largest absolute Gasteiger partial charge is 0.399 e. The molecular weight excluding hydrogens is 254 g/mol. The molecule has 0 saturated carbocycles. The highest BCUT2D eigenvalue weighted by Crippen LogP contribution is 2.19. The van der Waals surface area contributed by atoms with Crippen molar-refractivity contribution in [3.63, 3.8) is 0 Å². The van der Waals surface area contributed by atoms with Crippen molar-refractivity contribution >= 4 is 28.3 Å². The molecule has 0 bridgehead atoms. The number of carbonyl (C=O) groups is 1. The molecule has 6 nitrogen and oxygen atoms in total. The van der Waals surface area contributed by atoms with Crippen LogP contribution in [0.25, 0.3) is 10.9 Å². The summed E-state index contributed by atoms with van der Waals surface area (Å²) >= 11 is 0. The molecule has 0 atom stereocenters. The first-order valence-corrected chi connectivity index (χ1v) is 6.11. The first-order valence-electron chi connectivity index (χ1n) is 6.11. The smallest absolute Gasteiger partial charge is 0.277 e. The Labute approximate surface area is 115 Å². The minimum absolute atomic E-state index is 0.301. The van der Waals surface area contributed by atoms with Gasteiger partial charge in [-0.3, -0.25) is 9.89 Å². The minimum atomic E-state index is -0.319. The van der Waals surface area contributed by atoms with Gasteiger partial charge in [0.25, 0.3) is 5.91 Å². The van der Waals surface area contributed by atoms with Gasteiger partial charge in [-0.15, -0.1) is 0 Å². The van der Waals surface area contributed by atoms with Crippen LogP contribution in [0.5, 0.6) is 0 Å². The van der Waals surface area contributed by atoms with E-state index in [4.69, 9.17) is 5.73 Å². The van der Waals surface area contributed by atoms with Gasteiger partial charge in [0.05, 0.1) is 5.52 Å². The molecule has 3 aromatic rings. The number of fused-ring (bicyclic) bond motifs is 1. The molecule has 0 aliphatic rings. The average Bonchev–Trinajstić information content (AvgIpc) is 2.81. The number of rotatable bonds is 2. The summed E-state index contributed by atoms with van der Waals surface area (Å²) in [5.41, 5.74) is 8.41. The number of anilines is 2. The molecule has 4 N–H and O–H groups in total. The molecule has 0 saturated heterocycles. The Kier molecular flexibility index (Phi) is 2.83. The zero-order chi connectivity index (χ0) is 14.1. The molecule has 20 heavy (non-hydrogen) atoms. The fraction of sp³-hybridized carbons (Fsp3) is 0.0714. The topological polar surface area (TPSA) is 96.7 Å². The van der Waals surface area contributed by atoms with Gasteiger partial charge in [0, 0.05) is 17.3 Å². The molecule has 100 valence electrons. The summed E-state index contributed by atoms with van der Waals surface area (Å²) in [5, 5.41) is 10.3. The van der Waals surface area contributed by atoms with E-state index in [2.05, 4.69) is 20.5 Å². The molecule has 0 fully saturated rings. The molecule has 0 unspecified atom stereocenters. The molecule has 2 aromatic heterocycles. The third-order valence-corrected chi connectivity index (χ3v) is 2.96. The van der Waals surface area contributed by atoms with Crippen LogP contribution in [0.4, 0.5) is 11.5 Å². The number of aromatic nitrogens is 3. The molecule has 1 aromatic carbocycles. The number of H-pyrrole nitrogens is 1. The van der Waals surface area contributed by atoms with Gasteiger partial charge in [-0.25, -0.2) is 4.98 Å². The van der Waals surface area contributed by atoms with Crippen molar-refractivity contribution < 1.29 is 4.79 Å². The van der Waals surface area contributed by atoms with Crippen molar-refractivity contribution in [2.24, 2.45) is 0 Å². The normalized spacial score (nSPS) is 10.7. The van der Waals surface area contributed by atoms with E-state index in [1.807, 2.05) is 13.0 Å². The summed E-state index contributed by atoms with van der Waals surface area (Å²) in [6.07, 6.45) is 1.64. The van der Waals surface area contributed by atoms with Crippen LogP contribution in [0.15, 0.2) is 36.5 Å². The van der Waals surface area contributed by atoms with Gasteiger partial charge in [-0.2, -0.15) is 5.10 Å². The van der Waals surface area contributed by atoms with Crippen LogP contribution in [-0.4, -0.2) is 21.1 Å². The Bertz CT molecular complexity index is 793. The average molecular weight is 267 g/mol. The number of aryl methyl sites for hydroxylation is 1. The second kappa shape index (κ2) is 4.65. The summed E-state index contributed by atoms with van der Waals surface area (Å²) in [5.74, 6) is 0.176. The summed E-state index contributed by atoms with van der Waals surface area (Å²) in [6.45, 7) is 1.93. The number of nitrogens with zero attached hydrogens (tertiary/aromatic N) is 2. The lowest BCUT2D eigenvalue weighted by molar-refractivity contribution is 0.102. The fourth-order valence-corrected chi connectivity index (χ4v) is 1.98. The van der Waals surface area contributed by atoms with Gasteiger partial charge < -0.3 is 11.1 Å². The van der Waals surface area contributed by atoms with Gasteiger partial charge in [-0.1, -0.05) is 0 Å². The van der Waals surface area contributed by atoms with Crippen molar-refractivity contribution in [3.8, 4) is 0 Å². The SMILES string of the molecule is Cc1ccnc(NC(=O)c2n[nH]c3ccc(N)cc23)c1. The number of benzene rings is 1.